The van der Waals surface area contributed by atoms with E-state index in [4.69, 9.17) is 4.42 Å². The Hall–Kier alpha value is -1.04. The molecule has 0 fully saturated rings. The summed E-state index contributed by atoms with van der Waals surface area (Å²) < 4.78 is 4.99. The van der Waals surface area contributed by atoms with Gasteiger partial charge in [0.25, 0.3) is 5.22 Å². The van der Waals surface area contributed by atoms with Crippen molar-refractivity contribution >= 4 is 18.5 Å². The molecule has 1 aromatic heterocycles. The first kappa shape index (κ1) is 11.0. The van der Waals surface area contributed by atoms with Crippen LogP contribution in [0.4, 0.5) is 0 Å². The van der Waals surface area contributed by atoms with Crippen LogP contribution in [-0.2, 0) is 11.2 Å². The van der Waals surface area contributed by atoms with Crippen molar-refractivity contribution in [2.24, 2.45) is 0 Å². The van der Waals surface area contributed by atoms with Gasteiger partial charge in [0, 0.05) is 13.1 Å². The van der Waals surface area contributed by atoms with Crippen molar-refractivity contribution in [1.29, 1.82) is 0 Å². The SMILES string of the molecule is CCN(CC)C(=O)Cc1nnc(S)o1. The number of hydrogen-bond donors (Lipinski definition) is 1. The van der Waals surface area contributed by atoms with Crippen LogP contribution in [0.15, 0.2) is 9.64 Å². The van der Waals surface area contributed by atoms with Gasteiger partial charge in [0.1, 0.15) is 6.42 Å². The minimum absolute atomic E-state index is 0.00742. The lowest BCUT2D eigenvalue weighted by Crippen LogP contribution is -2.31. The summed E-state index contributed by atoms with van der Waals surface area (Å²) in [6, 6.07) is 0. The van der Waals surface area contributed by atoms with Crippen molar-refractivity contribution < 1.29 is 9.21 Å². The number of likely N-dealkylation sites (N-methyl/N-ethyl adjacent to an activating group) is 1. The van der Waals surface area contributed by atoms with Crippen molar-refractivity contribution in [3.05, 3.63) is 5.89 Å². The van der Waals surface area contributed by atoms with Crippen LogP contribution in [-0.4, -0.2) is 34.1 Å². The number of rotatable bonds is 4. The van der Waals surface area contributed by atoms with Gasteiger partial charge in [0.2, 0.25) is 11.8 Å². The molecule has 0 bridgehead atoms. The summed E-state index contributed by atoms with van der Waals surface area (Å²) in [7, 11) is 0. The number of hydrogen-bond acceptors (Lipinski definition) is 5. The van der Waals surface area contributed by atoms with E-state index >= 15 is 0 Å². The summed E-state index contributed by atoms with van der Waals surface area (Å²) >= 11 is 3.86. The van der Waals surface area contributed by atoms with Gasteiger partial charge in [-0.15, -0.1) is 10.2 Å². The minimum Gasteiger partial charge on any atom is -0.416 e. The Morgan fingerprint density at radius 3 is 2.50 bits per heavy atom. The maximum atomic E-state index is 11.6. The van der Waals surface area contributed by atoms with Crippen LogP contribution >= 0.6 is 12.6 Å². The third kappa shape index (κ3) is 2.73. The van der Waals surface area contributed by atoms with Crippen molar-refractivity contribution in [3.8, 4) is 0 Å². The minimum atomic E-state index is -0.00742. The second kappa shape index (κ2) is 4.99. The van der Waals surface area contributed by atoms with Crippen LogP contribution in [0.2, 0.25) is 0 Å². The summed E-state index contributed by atoms with van der Waals surface area (Å²) in [4.78, 5) is 13.3. The van der Waals surface area contributed by atoms with Crippen molar-refractivity contribution in [2.45, 2.75) is 25.5 Å². The molecule has 0 aliphatic rings. The second-order valence-corrected chi connectivity index (χ2v) is 3.10. The molecule has 14 heavy (non-hydrogen) atoms. The molecular weight excluding hydrogens is 202 g/mol. The fraction of sp³-hybridized carbons (Fsp3) is 0.625. The zero-order valence-electron chi connectivity index (χ0n) is 8.23. The average molecular weight is 215 g/mol. The molecular formula is C8H13N3O2S. The molecule has 1 amide bonds. The van der Waals surface area contributed by atoms with Crippen molar-refractivity contribution in [2.75, 3.05) is 13.1 Å². The number of aromatic nitrogens is 2. The zero-order valence-corrected chi connectivity index (χ0v) is 9.12. The Morgan fingerprint density at radius 1 is 1.43 bits per heavy atom. The number of thiol groups is 1. The molecule has 1 heterocycles. The summed E-state index contributed by atoms with van der Waals surface area (Å²) in [6.07, 6.45) is 0.148. The highest BCUT2D eigenvalue weighted by molar-refractivity contribution is 7.80. The quantitative estimate of drug-likeness (QED) is 0.754. The van der Waals surface area contributed by atoms with Gasteiger partial charge < -0.3 is 9.32 Å². The van der Waals surface area contributed by atoms with Gasteiger partial charge in [-0.1, -0.05) is 12.6 Å². The highest BCUT2D eigenvalue weighted by Crippen LogP contribution is 2.05. The van der Waals surface area contributed by atoms with Crippen LogP contribution in [0.1, 0.15) is 19.7 Å². The number of carbonyl (C=O) groups excluding carboxylic acids is 1. The molecule has 1 rings (SSSR count). The van der Waals surface area contributed by atoms with E-state index in [1.54, 1.807) is 4.90 Å². The van der Waals surface area contributed by atoms with E-state index in [-0.39, 0.29) is 17.6 Å². The molecule has 0 aliphatic carbocycles. The predicted octanol–water partition coefficient (Wildman–Crippen LogP) is 0.769. The largest absolute Gasteiger partial charge is 0.416 e. The Bertz CT molecular complexity index is 309. The molecule has 0 unspecified atom stereocenters. The van der Waals surface area contributed by atoms with Gasteiger partial charge in [0.15, 0.2) is 0 Å². The van der Waals surface area contributed by atoms with Crippen LogP contribution in [0.5, 0.6) is 0 Å². The van der Waals surface area contributed by atoms with E-state index in [2.05, 4.69) is 22.8 Å². The van der Waals surface area contributed by atoms with E-state index in [0.29, 0.717) is 19.0 Å². The Labute approximate surface area is 87.9 Å². The highest BCUT2D eigenvalue weighted by atomic mass is 32.1. The first-order valence-corrected chi connectivity index (χ1v) is 4.91. The third-order valence-electron chi connectivity index (χ3n) is 1.87. The van der Waals surface area contributed by atoms with Gasteiger partial charge in [-0.3, -0.25) is 4.79 Å². The third-order valence-corrected chi connectivity index (χ3v) is 2.06. The monoisotopic (exact) mass is 215 g/mol. The van der Waals surface area contributed by atoms with E-state index in [0.717, 1.165) is 0 Å². The maximum absolute atomic E-state index is 11.6. The molecule has 0 N–H and O–H groups in total. The van der Waals surface area contributed by atoms with E-state index < -0.39 is 0 Å². The number of nitrogens with zero attached hydrogens (tertiary/aromatic N) is 3. The summed E-state index contributed by atoms with van der Waals surface area (Å²) in [6.45, 7) is 5.24. The Balaban J connectivity index is 2.56. The Morgan fingerprint density at radius 2 is 2.07 bits per heavy atom. The molecule has 0 aromatic carbocycles. The molecule has 0 saturated carbocycles. The fourth-order valence-electron chi connectivity index (χ4n) is 1.13. The normalized spacial score (nSPS) is 10.2. The molecule has 0 aliphatic heterocycles. The molecule has 1 aromatic rings. The molecule has 0 spiro atoms. The molecule has 5 nitrogen and oxygen atoms in total. The van der Waals surface area contributed by atoms with Crippen LogP contribution < -0.4 is 0 Å². The maximum Gasteiger partial charge on any atom is 0.273 e. The number of amides is 1. The lowest BCUT2D eigenvalue weighted by atomic mass is 10.3. The molecule has 0 atom stereocenters. The van der Waals surface area contributed by atoms with Crippen molar-refractivity contribution in [3.63, 3.8) is 0 Å². The topological polar surface area (TPSA) is 59.2 Å². The smallest absolute Gasteiger partial charge is 0.273 e. The predicted molar refractivity (Wildman–Crippen MR) is 53.2 cm³/mol. The molecule has 0 saturated heterocycles. The zero-order chi connectivity index (χ0) is 10.6. The lowest BCUT2D eigenvalue weighted by molar-refractivity contribution is -0.130. The van der Waals surface area contributed by atoms with Gasteiger partial charge >= 0.3 is 0 Å². The lowest BCUT2D eigenvalue weighted by Gasteiger charge is -2.17. The van der Waals surface area contributed by atoms with Gasteiger partial charge in [-0.05, 0) is 13.8 Å². The van der Waals surface area contributed by atoms with Crippen LogP contribution in [0.3, 0.4) is 0 Å². The van der Waals surface area contributed by atoms with Crippen LogP contribution in [0, 0.1) is 0 Å². The first-order valence-electron chi connectivity index (χ1n) is 4.46. The van der Waals surface area contributed by atoms with Crippen LogP contribution in [0.25, 0.3) is 0 Å². The summed E-state index contributed by atoms with van der Waals surface area (Å²) in [5.74, 6) is 0.305. The highest BCUT2D eigenvalue weighted by Gasteiger charge is 2.14. The fourth-order valence-corrected chi connectivity index (χ4v) is 1.28. The van der Waals surface area contributed by atoms with Crippen molar-refractivity contribution in [1.82, 2.24) is 15.1 Å². The van der Waals surface area contributed by atoms with Gasteiger partial charge in [0.05, 0.1) is 0 Å². The standard InChI is InChI=1S/C8H13N3O2S/c1-3-11(4-2)7(12)5-6-9-10-8(14)13-6/h3-5H2,1-2H3,(H,10,14). The van der Waals surface area contributed by atoms with Gasteiger partial charge in [-0.25, -0.2) is 0 Å². The summed E-state index contributed by atoms with van der Waals surface area (Å²) in [5.41, 5.74) is 0. The van der Waals surface area contributed by atoms with E-state index in [9.17, 15) is 4.79 Å². The molecule has 6 heteroatoms. The Kier molecular flexibility index (Phi) is 3.94. The average Bonchev–Trinajstić information content (AvgIpc) is 2.53. The number of carbonyl (C=O) groups is 1. The molecule has 78 valence electrons. The van der Waals surface area contributed by atoms with E-state index in [1.165, 1.54) is 0 Å². The second-order valence-electron chi connectivity index (χ2n) is 2.72. The van der Waals surface area contributed by atoms with Gasteiger partial charge in [-0.2, -0.15) is 0 Å². The summed E-state index contributed by atoms with van der Waals surface area (Å²) in [5, 5.41) is 7.41. The van der Waals surface area contributed by atoms with E-state index in [1.807, 2.05) is 13.8 Å². The molecule has 0 radical (unpaired) electrons. The first-order chi connectivity index (χ1) is 6.67.